The van der Waals surface area contributed by atoms with Crippen molar-refractivity contribution in [1.29, 1.82) is 0 Å². The van der Waals surface area contributed by atoms with E-state index in [1.165, 1.54) is 19.3 Å². The van der Waals surface area contributed by atoms with Crippen LogP contribution in [0.3, 0.4) is 0 Å². The van der Waals surface area contributed by atoms with E-state index in [4.69, 9.17) is 5.11 Å². The van der Waals surface area contributed by atoms with E-state index >= 15 is 0 Å². The molecule has 2 aliphatic carbocycles. The minimum atomic E-state index is 0.991. The van der Waals surface area contributed by atoms with Crippen LogP contribution in [0.1, 0.15) is 19.3 Å². The minimum absolute atomic E-state index is 0.991. The lowest BCUT2D eigenvalue weighted by molar-refractivity contribution is 0.399. The van der Waals surface area contributed by atoms with Crippen molar-refractivity contribution in [2.45, 2.75) is 19.3 Å². The van der Waals surface area contributed by atoms with Crippen LogP contribution in [0.25, 0.3) is 0 Å². The number of hydrogen-bond donors (Lipinski definition) is 1. The maximum atomic E-state index is 7.00. The van der Waals surface area contributed by atoms with Crippen LogP contribution in [0, 0.1) is 11.8 Å². The molecule has 52 valence electrons. The Balaban J connectivity index is 0.000000186. The zero-order chi connectivity index (χ0) is 6.69. The van der Waals surface area contributed by atoms with Gasteiger partial charge in [0.2, 0.25) is 0 Å². The van der Waals surface area contributed by atoms with E-state index in [9.17, 15) is 0 Å². The highest BCUT2D eigenvalue weighted by Gasteiger charge is 2.25. The predicted molar refractivity (Wildman–Crippen MR) is 38.1 cm³/mol. The Kier molecular flexibility index (Phi) is 2.29. The molecule has 1 N–H and O–H groups in total. The summed E-state index contributed by atoms with van der Waals surface area (Å²) >= 11 is 0. The fourth-order valence-electron chi connectivity index (χ4n) is 1.72. The lowest BCUT2D eigenvalue weighted by atomic mass is 10.1. The van der Waals surface area contributed by atoms with Crippen molar-refractivity contribution in [2.75, 3.05) is 7.11 Å². The van der Waals surface area contributed by atoms with Gasteiger partial charge in [-0.25, -0.2) is 0 Å². The van der Waals surface area contributed by atoms with Gasteiger partial charge in [0.15, 0.2) is 0 Å². The molecule has 0 heterocycles. The zero-order valence-corrected chi connectivity index (χ0v) is 5.88. The van der Waals surface area contributed by atoms with Crippen LogP contribution < -0.4 is 0 Å². The highest BCUT2D eigenvalue weighted by atomic mass is 16.2. The van der Waals surface area contributed by atoms with Crippen LogP contribution in [0.2, 0.25) is 0 Å². The molecule has 2 bridgehead atoms. The van der Waals surface area contributed by atoms with E-state index in [2.05, 4.69) is 12.2 Å². The Morgan fingerprint density at radius 2 is 1.56 bits per heavy atom. The molecule has 0 amide bonds. The third-order valence-electron chi connectivity index (χ3n) is 2.17. The summed E-state index contributed by atoms with van der Waals surface area (Å²) in [7, 11) is 1.00. The second-order valence-electron chi connectivity index (χ2n) is 2.72. The third-order valence-corrected chi connectivity index (χ3v) is 2.17. The molecule has 2 atom stereocenters. The Labute approximate surface area is 56.4 Å². The van der Waals surface area contributed by atoms with Crippen LogP contribution in [0.15, 0.2) is 12.2 Å². The largest absolute Gasteiger partial charge is 0.400 e. The van der Waals surface area contributed by atoms with Gasteiger partial charge in [-0.3, -0.25) is 0 Å². The zero-order valence-electron chi connectivity index (χ0n) is 5.88. The molecule has 0 saturated heterocycles. The molecular formula is C8H14O. The quantitative estimate of drug-likeness (QED) is 0.488. The second kappa shape index (κ2) is 3.02. The molecule has 1 saturated carbocycles. The van der Waals surface area contributed by atoms with E-state index in [0.29, 0.717) is 0 Å². The maximum absolute atomic E-state index is 7.00. The first-order valence-electron chi connectivity index (χ1n) is 3.58. The molecular weight excluding hydrogens is 112 g/mol. The van der Waals surface area contributed by atoms with Gasteiger partial charge in [-0.05, 0) is 31.1 Å². The third kappa shape index (κ3) is 1.33. The fraction of sp³-hybridized carbons (Fsp3) is 0.750. The normalized spacial score (nSPS) is 36.2. The molecule has 0 radical (unpaired) electrons. The lowest BCUT2D eigenvalue weighted by Gasteiger charge is -1.96. The Hall–Kier alpha value is -0.300. The number of hydrogen-bond acceptors (Lipinski definition) is 1. The van der Waals surface area contributed by atoms with Gasteiger partial charge in [-0.1, -0.05) is 12.2 Å². The maximum Gasteiger partial charge on any atom is 0.0319 e. The van der Waals surface area contributed by atoms with Crippen molar-refractivity contribution in [1.82, 2.24) is 0 Å². The molecule has 0 aromatic heterocycles. The summed E-state index contributed by atoms with van der Waals surface area (Å²) in [6.45, 7) is 0. The molecule has 0 spiro atoms. The number of aliphatic hydroxyl groups excluding tert-OH is 1. The van der Waals surface area contributed by atoms with Crippen LogP contribution >= 0.6 is 0 Å². The average Bonchev–Trinajstić information content (AvgIpc) is 2.53. The number of aliphatic hydroxyl groups is 1. The van der Waals surface area contributed by atoms with Crippen molar-refractivity contribution in [2.24, 2.45) is 11.8 Å². The smallest absolute Gasteiger partial charge is 0.0319 e. The molecule has 1 nitrogen and oxygen atoms in total. The summed E-state index contributed by atoms with van der Waals surface area (Å²) in [6, 6.07) is 0. The molecule has 9 heavy (non-hydrogen) atoms. The number of allylic oxidation sites excluding steroid dienone is 2. The van der Waals surface area contributed by atoms with E-state index in [-0.39, 0.29) is 0 Å². The first-order chi connectivity index (χ1) is 4.45. The standard InChI is InChI=1S/C7H10.CH4O/c1-2-7-4-3-6(1)5-7;1-2/h1-2,6-7H,3-5H2;2H,1H3/t6-,7?;/m1./s1. The summed E-state index contributed by atoms with van der Waals surface area (Å²) in [5, 5.41) is 7.00. The van der Waals surface area contributed by atoms with Crippen LogP contribution in [-0.4, -0.2) is 12.2 Å². The summed E-state index contributed by atoms with van der Waals surface area (Å²) in [5.74, 6) is 1.98. The molecule has 1 unspecified atom stereocenters. The highest BCUT2D eigenvalue weighted by Crippen LogP contribution is 2.38. The minimum Gasteiger partial charge on any atom is -0.400 e. The number of fused-ring (bicyclic) bond motifs is 2. The SMILES string of the molecule is C1=C[C@@H]2CCC1C2.CO. The topological polar surface area (TPSA) is 20.2 Å². The van der Waals surface area contributed by atoms with Crippen molar-refractivity contribution >= 4 is 0 Å². The van der Waals surface area contributed by atoms with Crippen molar-refractivity contribution in [3.8, 4) is 0 Å². The second-order valence-corrected chi connectivity index (χ2v) is 2.72. The summed E-state index contributed by atoms with van der Waals surface area (Å²) < 4.78 is 0. The first-order valence-corrected chi connectivity index (χ1v) is 3.58. The van der Waals surface area contributed by atoms with Gasteiger partial charge >= 0.3 is 0 Å². The fourth-order valence-corrected chi connectivity index (χ4v) is 1.72. The van der Waals surface area contributed by atoms with Gasteiger partial charge in [0, 0.05) is 7.11 Å². The highest BCUT2D eigenvalue weighted by molar-refractivity contribution is 5.06. The van der Waals surface area contributed by atoms with E-state index in [0.717, 1.165) is 18.9 Å². The first kappa shape index (κ1) is 6.81. The van der Waals surface area contributed by atoms with Crippen LogP contribution in [0.4, 0.5) is 0 Å². The molecule has 2 rings (SSSR count). The molecule has 0 aromatic rings. The molecule has 1 fully saturated rings. The number of rotatable bonds is 0. The summed E-state index contributed by atoms with van der Waals surface area (Å²) in [4.78, 5) is 0. The van der Waals surface area contributed by atoms with E-state index < -0.39 is 0 Å². The predicted octanol–water partition coefficient (Wildman–Crippen LogP) is 1.58. The van der Waals surface area contributed by atoms with Gasteiger partial charge in [0.25, 0.3) is 0 Å². The molecule has 2 aliphatic rings. The van der Waals surface area contributed by atoms with Crippen molar-refractivity contribution < 1.29 is 5.11 Å². The molecule has 1 heteroatoms. The van der Waals surface area contributed by atoms with Gasteiger partial charge in [-0.2, -0.15) is 0 Å². The Morgan fingerprint density at radius 3 is 1.67 bits per heavy atom. The average molecular weight is 126 g/mol. The van der Waals surface area contributed by atoms with Gasteiger partial charge in [0.05, 0.1) is 0 Å². The lowest BCUT2D eigenvalue weighted by Crippen LogP contribution is -1.82. The Morgan fingerprint density at radius 1 is 1.11 bits per heavy atom. The summed E-state index contributed by atoms with van der Waals surface area (Å²) in [6.07, 6.45) is 9.19. The Bertz CT molecular complexity index is 95.1. The van der Waals surface area contributed by atoms with Crippen LogP contribution in [0.5, 0.6) is 0 Å². The van der Waals surface area contributed by atoms with Gasteiger partial charge in [0.1, 0.15) is 0 Å². The van der Waals surface area contributed by atoms with Crippen molar-refractivity contribution in [3.63, 3.8) is 0 Å². The van der Waals surface area contributed by atoms with Gasteiger partial charge in [-0.15, -0.1) is 0 Å². The van der Waals surface area contributed by atoms with Crippen LogP contribution in [-0.2, 0) is 0 Å². The monoisotopic (exact) mass is 126 g/mol. The van der Waals surface area contributed by atoms with E-state index in [1.54, 1.807) is 0 Å². The van der Waals surface area contributed by atoms with Gasteiger partial charge < -0.3 is 5.11 Å². The summed E-state index contributed by atoms with van der Waals surface area (Å²) in [5.41, 5.74) is 0. The van der Waals surface area contributed by atoms with E-state index in [1.807, 2.05) is 0 Å². The molecule has 0 aliphatic heterocycles. The molecule has 0 aromatic carbocycles. The van der Waals surface area contributed by atoms with Crippen molar-refractivity contribution in [3.05, 3.63) is 12.2 Å².